The van der Waals surface area contributed by atoms with Gasteiger partial charge in [0, 0.05) is 60.8 Å². The standard InChI is InChI=1S/C42H43FN6O5/c1-23-9-8-10-33(43)38(23)35-16-26-17-37(48-42(50)40-24(2)39(40)28-20-45-49(3)22-28)44-21-32(26)41(47-35)46-34(27-13-30(52-5)18-31(14-27)53-6)15-25-11-12-29(51-4)19-36(25)54-7/h8-14,16-22,24,34,39-40H,15H2,1-7H3,(H,46,47)(H,44,48,50). The molecule has 0 aliphatic heterocycles. The highest BCUT2D eigenvalue weighted by Crippen LogP contribution is 2.54. The summed E-state index contributed by atoms with van der Waals surface area (Å²) in [6.07, 6.45) is 5.91. The van der Waals surface area contributed by atoms with Crippen LogP contribution in [0, 0.1) is 24.6 Å². The lowest BCUT2D eigenvalue weighted by Gasteiger charge is -2.24. The number of halogens is 1. The minimum absolute atomic E-state index is 0.0892. The van der Waals surface area contributed by atoms with E-state index in [1.807, 2.05) is 81.0 Å². The van der Waals surface area contributed by atoms with Gasteiger partial charge in [0.25, 0.3) is 0 Å². The molecule has 54 heavy (non-hydrogen) atoms. The highest BCUT2D eigenvalue weighted by atomic mass is 19.1. The summed E-state index contributed by atoms with van der Waals surface area (Å²) in [5.41, 5.74) is 4.35. The van der Waals surface area contributed by atoms with Crippen molar-refractivity contribution in [3.05, 3.63) is 113 Å². The van der Waals surface area contributed by atoms with Gasteiger partial charge in [0.05, 0.1) is 46.4 Å². The van der Waals surface area contributed by atoms with Crippen LogP contribution < -0.4 is 29.6 Å². The number of amides is 1. The molecule has 4 unspecified atom stereocenters. The Balaban J connectivity index is 1.31. The number of pyridine rings is 2. The molecule has 278 valence electrons. The number of nitrogens with one attached hydrogen (secondary N) is 2. The van der Waals surface area contributed by atoms with E-state index in [0.717, 1.165) is 22.3 Å². The normalized spacial score (nSPS) is 16.8. The van der Waals surface area contributed by atoms with E-state index in [9.17, 15) is 4.79 Å². The summed E-state index contributed by atoms with van der Waals surface area (Å²) in [7, 11) is 8.31. The molecular weight excluding hydrogens is 687 g/mol. The number of hydrogen-bond acceptors (Lipinski definition) is 9. The lowest BCUT2D eigenvalue weighted by atomic mass is 9.97. The molecule has 0 spiro atoms. The molecular formula is C42H43FN6O5. The minimum atomic E-state index is -0.413. The number of hydrogen-bond donors (Lipinski definition) is 2. The Hall–Kier alpha value is -6.17. The van der Waals surface area contributed by atoms with E-state index in [1.165, 1.54) is 6.07 Å². The van der Waals surface area contributed by atoms with E-state index in [0.29, 0.717) is 63.1 Å². The van der Waals surface area contributed by atoms with Gasteiger partial charge in [-0.3, -0.25) is 9.48 Å². The summed E-state index contributed by atoms with van der Waals surface area (Å²) in [6.45, 7) is 3.92. The first-order valence-electron chi connectivity index (χ1n) is 17.7. The molecule has 7 rings (SSSR count). The van der Waals surface area contributed by atoms with Gasteiger partial charge in [0.1, 0.15) is 40.5 Å². The van der Waals surface area contributed by atoms with Crippen LogP contribution in [-0.2, 0) is 18.3 Å². The SMILES string of the molecule is COc1cc(OC)cc(C(Cc2ccc(OC)cc2OC)Nc2nc(-c3c(C)cccc3F)cc3cc(NC(=O)C4C(C)C4c4cnn(C)c4)ncc23)c1. The molecule has 11 nitrogen and oxygen atoms in total. The van der Waals surface area contributed by atoms with E-state index in [4.69, 9.17) is 23.9 Å². The number of rotatable bonds is 13. The van der Waals surface area contributed by atoms with Crippen LogP contribution in [0.2, 0.25) is 0 Å². The van der Waals surface area contributed by atoms with Crippen molar-refractivity contribution in [2.45, 2.75) is 32.2 Å². The second kappa shape index (κ2) is 15.1. The van der Waals surface area contributed by atoms with Crippen LogP contribution in [0.1, 0.15) is 41.1 Å². The fourth-order valence-corrected chi connectivity index (χ4v) is 7.30. The van der Waals surface area contributed by atoms with Crippen molar-refractivity contribution in [3.8, 4) is 34.3 Å². The predicted molar refractivity (Wildman–Crippen MR) is 206 cm³/mol. The first kappa shape index (κ1) is 36.2. The summed E-state index contributed by atoms with van der Waals surface area (Å²) >= 11 is 0. The fraction of sp³-hybridized carbons (Fsp3) is 0.286. The number of ether oxygens (including phenoxy) is 4. The second-order valence-corrected chi connectivity index (χ2v) is 13.7. The Morgan fingerprint density at radius 1 is 0.926 bits per heavy atom. The zero-order valence-corrected chi connectivity index (χ0v) is 31.3. The molecule has 3 aromatic heterocycles. The predicted octanol–water partition coefficient (Wildman–Crippen LogP) is 7.90. The highest BCUT2D eigenvalue weighted by molar-refractivity contribution is 5.99. The average molecular weight is 731 g/mol. The third kappa shape index (κ3) is 7.23. The molecule has 1 aliphatic carbocycles. The fourth-order valence-electron chi connectivity index (χ4n) is 7.30. The van der Waals surface area contributed by atoms with Crippen LogP contribution in [0.5, 0.6) is 23.0 Å². The van der Waals surface area contributed by atoms with Gasteiger partial charge in [0.15, 0.2) is 0 Å². The maximum atomic E-state index is 15.6. The zero-order chi connectivity index (χ0) is 38.1. The summed E-state index contributed by atoms with van der Waals surface area (Å²) < 4.78 is 39.8. The quantitative estimate of drug-likeness (QED) is 0.122. The van der Waals surface area contributed by atoms with Crippen LogP contribution in [0.15, 0.2) is 85.3 Å². The van der Waals surface area contributed by atoms with Gasteiger partial charge < -0.3 is 29.6 Å². The summed E-state index contributed by atoms with van der Waals surface area (Å²) in [5, 5.41) is 12.4. The lowest BCUT2D eigenvalue weighted by Crippen LogP contribution is -2.17. The van der Waals surface area contributed by atoms with Crippen LogP contribution in [0.3, 0.4) is 0 Å². The van der Waals surface area contributed by atoms with Gasteiger partial charge in [-0.05, 0) is 76.9 Å². The first-order chi connectivity index (χ1) is 26.1. The Kier molecular flexibility index (Phi) is 10.1. The molecule has 1 amide bonds. The van der Waals surface area contributed by atoms with Gasteiger partial charge in [-0.2, -0.15) is 5.10 Å². The minimum Gasteiger partial charge on any atom is -0.497 e. The Morgan fingerprint density at radius 3 is 2.35 bits per heavy atom. The van der Waals surface area contributed by atoms with Gasteiger partial charge >= 0.3 is 0 Å². The molecule has 1 fully saturated rings. The number of carbonyl (C=O) groups is 1. The lowest BCUT2D eigenvalue weighted by molar-refractivity contribution is -0.117. The number of carbonyl (C=O) groups excluding carboxylic acids is 1. The molecule has 0 radical (unpaired) electrons. The van der Waals surface area contributed by atoms with Gasteiger partial charge in [-0.15, -0.1) is 0 Å². The second-order valence-electron chi connectivity index (χ2n) is 13.7. The summed E-state index contributed by atoms with van der Waals surface area (Å²) in [4.78, 5) is 23.2. The molecule has 1 aliphatic rings. The zero-order valence-electron chi connectivity index (χ0n) is 31.3. The Morgan fingerprint density at radius 2 is 1.69 bits per heavy atom. The third-order valence-corrected chi connectivity index (χ3v) is 10.2. The number of nitrogens with zero attached hydrogens (tertiary/aromatic N) is 4. The summed E-state index contributed by atoms with van der Waals surface area (Å²) in [6, 6.07) is 19.6. The van der Waals surface area contributed by atoms with Crippen LogP contribution in [0.25, 0.3) is 22.0 Å². The third-order valence-electron chi connectivity index (χ3n) is 10.2. The first-order valence-corrected chi connectivity index (χ1v) is 17.7. The average Bonchev–Trinajstić information content (AvgIpc) is 3.66. The Labute approximate surface area is 313 Å². The molecule has 6 aromatic rings. The molecule has 0 bridgehead atoms. The number of anilines is 2. The van der Waals surface area contributed by atoms with Crippen molar-refractivity contribution in [3.63, 3.8) is 0 Å². The largest absolute Gasteiger partial charge is 0.497 e. The smallest absolute Gasteiger partial charge is 0.229 e. The van der Waals surface area contributed by atoms with Crippen LogP contribution in [-0.4, -0.2) is 54.1 Å². The molecule has 1 saturated carbocycles. The number of aryl methyl sites for hydroxylation is 2. The van der Waals surface area contributed by atoms with Crippen LogP contribution >= 0.6 is 0 Å². The molecule has 4 atom stereocenters. The number of aromatic nitrogens is 4. The van der Waals surface area contributed by atoms with Gasteiger partial charge in [-0.25, -0.2) is 14.4 Å². The van der Waals surface area contributed by atoms with Crippen molar-refractivity contribution in [2.24, 2.45) is 18.9 Å². The van der Waals surface area contributed by atoms with E-state index >= 15 is 4.39 Å². The van der Waals surface area contributed by atoms with Crippen molar-refractivity contribution >= 4 is 28.3 Å². The van der Waals surface area contributed by atoms with E-state index in [-0.39, 0.29) is 23.7 Å². The number of methoxy groups -OCH3 is 4. The topological polar surface area (TPSA) is 122 Å². The number of benzene rings is 3. The molecule has 0 saturated heterocycles. The molecule has 3 aromatic carbocycles. The van der Waals surface area contributed by atoms with E-state index in [1.54, 1.807) is 45.4 Å². The maximum absolute atomic E-state index is 15.6. The maximum Gasteiger partial charge on any atom is 0.229 e. The monoisotopic (exact) mass is 730 g/mol. The van der Waals surface area contributed by atoms with E-state index in [2.05, 4.69) is 27.6 Å². The van der Waals surface area contributed by atoms with Crippen molar-refractivity contribution < 1.29 is 28.1 Å². The van der Waals surface area contributed by atoms with E-state index < -0.39 is 11.9 Å². The van der Waals surface area contributed by atoms with Crippen molar-refractivity contribution in [2.75, 3.05) is 39.1 Å². The Bertz CT molecular complexity index is 2300. The van der Waals surface area contributed by atoms with Crippen molar-refractivity contribution in [1.82, 2.24) is 19.7 Å². The number of fused-ring (bicyclic) bond motifs is 1. The van der Waals surface area contributed by atoms with Crippen LogP contribution in [0.4, 0.5) is 16.0 Å². The molecule has 2 N–H and O–H groups in total. The van der Waals surface area contributed by atoms with Gasteiger partial charge in [0.2, 0.25) is 5.91 Å². The highest BCUT2D eigenvalue weighted by Gasteiger charge is 2.53. The molecule has 3 heterocycles. The van der Waals surface area contributed by atoms with Crippen molar-refractivity contribution in [1.29, 1.82) is 0 Å². The summed E-state index contributed by atoms with van der Waals surface area (Å²) in [5.74, 6) is 2.97. The molecule has 12 heteroatoms. The van der Waals surface area contributed by atoms with Gasteiger partial charge in [-0.1, -0.05) is 25.1 Å².